The van der Waals surface area contributed by atoms with Crippen LogP contribution in [0.15, 0.2) is 24.3 Å². The topological polar surface area (TPSA) is 90.4 Å². The van der Waals surface area contributed by atoms with Crippen molar-refractivity contribution in [3.8, 4) is 0 Å². The molecule has 0 aliphatic carbocycles. The van der Waals surface area contributed by atoms with E-state index >= 15 is 0 Å². The van der Waals surface area contributed by atoms with E-state index < -0.39 is 35.1 Å². The number of likely N-dealkylation sites (tertiary alicyclic amines) is 1. The Balaban J connectivity index is 1.85. The summed E-state index contributed by atoms with van der Waals surface area (Å²) in [6.07, 6.45) is 12.6. The third-order valence-electron chi connectivity index (χ3n) is 8.65. The summed E-state index contributed by atoms with van der Waals surface area (Å²) in [5.74, 6) is -2.01. The van der Waals surface area contributed by atoms with Gasteiger partial charge < -0.3 is 24.5 Å². The Labute approximate surface area is 215 Å². The van der Waals surface area contributed by atoms with Crippen LogP contribution in [0.5, 0.6) is 0 Å². The van der Waals surface area contributed by atoms with Gasteiger partial charge in [-0.1, -0.05) is 64.8 Å². The highest BCUT2D eigenvalue weighted by Gasteiger charge is 2.75. The van der Waals surface area contributed by atoms with Gasteiger partial charge in [0, 0.05) is 26.2 Å². The first-order valence-electron chi connectivity index (χ1n) is 13.9. The molecule has 2 saturated heterocycles. The Morgan fingerprint density at radius 3 is 2.22 bits per heavy atom. The van der Waals surface area contributed by atoms with Gasteiger partial charge in [0.05, 0.1) is 30.1 Å². The zero-order chi connectivity index (χ0) is 26.1. The number of hydrogen-bond donors (Lipinski definition) is 1. The molecule has 0 bridgehead atoms. The third-order valence-corrected chi connectivity index (χ3v) is 8.65. The molecular weight excluding hydrogens is 458 g/mol. The molecule has 0 radical (unpaired) electrons. The molecule has 4 aliphatic rings. The maximum absolute atomic E-state index is 14.3. The molecule has 4 rings (SSSR count). The van der Waals surface area contributed by atoms with Crippen molar-refractivity contribution in [3.05, 3.63) is 24.3 Å². The van der Waals surface area contributed by atoms with Gasteiger partial charge in [-0.3, -0.25) is 14.4 Å². The highest BCUT2D eigenvalue weighted by Crippen LogP contribution is 2.59. The molecule has 0 aromatic rings. The van der Waals surface area contributed by atoms with Crippen LogP contribution >= 0.6 is 0 Å². The molecule has 4 heterocycles. The van der Waals surface area contributed by atoms with E-state index in [0.717, 1.165) is 25.7 Å². The summed E-state index contributed by atoms with van der Waals surface area (Å²) in [7, 11) is 0. The van der Waals surface area contributed by atoms with Crippen LogP contribution in [-0.4, -0.2) is 93.6 Å². The van der Waals surface area contributed by atoms with E-state index in [4.69, 9.17) is 4.74 Å². The highest BCUT2D eigenvalue weighted by atomic mass is 16.5. The fraction of sp³-hybridized carbons (Fsp3) is 0.750. The van der Waals surface area contributed by atoms with E-state index in [9.17, 15) is 19.5 Å². The molecule has 1 N–H and O–H groups in total. The Morgan fingerprint density at radius 2 is 1.61 bits per heavy atom. The molecule has 6 atom stereocenters. The van der Waals surface area contributed by atoms with E-state index in [1.54, 1.807) is 4.90 Å². The zero-order valence-corrected chi connectivity index (χ0v) is 22.3. The number of hydrogen-bond acceptors (Lipinski definition) is 5. The normalized spacial score (nSPS) is 34.5. The van der Waals surface area contributed by atoms with Crippen molar-refractivity contribution in [1.82, 2.24) is 14.7 Å². The highest BCUT2D eigenvalue weighted by molar-refractivity contribution is 6.00. The summed E-state index contributed by atoms with van der Waals surface area (Å²) in [6.45, 7) is 9.96. The van der Waals surface area contributed by atoms with Crippen LogP contribution in [0.25, 0.3) is 0 Å². The molecule has 4 aliphatic heterocycles. The maximum atomic E-state index is 14.3. The summed E-state index contributed by atoms with van der Waals surface area (Å²) in [4.78, 5) is 47.7. The SMILES string of the molecule is CCCCCN1CC=C[C@]23O[C@@]4(CC)C=CCN(CCC)C(=O)[C@H]4[C@H]2C(=O)N([C@@H](CC)CO)C3C1=O. The van der Waals surface area contributed by atoms with Gasteiger partial charge in [-0.15, -0.1) is 0 Å². The smallest absolute Gasteiger partial charge is 0.249 e. The van der Waals surface area contributed by atoms with Crippen molar-refractivity contribution in [2.45, 2.75) is 89.5 Å². The average Bonchev–Trinajstić information content (AvgIpc) is 3.17. The number of ether oxygens (including phenoxy) is 1. The number of unbranched alkanes of at least 4 members (excludes halogenated alkanes) is 2. The van der Waals surface area contributed by atoms with Crippen molar-refractivity contribution in [1.29, 1.82) is 0 Å². The first-order chi connectivity index (χ1) is 17.4. The Hall–Kier alpha value is -2.19. The van der Waals surface area contributed by atoms with Crippen molar-refractivity contribution < 1.29 is 24.2 Å². The summed E-state index contributed by atoms with van der Waals surface area (Å²) in [6, 6.07) is -1.41. The molecule has 0 aromatic heterocycles. The number of nitrogens with zero attached hydrogens (tertiary/aromatic N) is 3. The van der Waals surface area contributed by atoms with E-state index in [0.29, 0.717) is 39.0 Å². The molecule has 0 saturated carbocycles. The Kier molecular flexibility index (Phi) is 7.95. The molecule has 1 unspecified atom stereocenters. The van der Waals surface area contributed by atoms with Gasteiger partial charge in [-0.2, -0.15) is 0 Å². The minimum Gasteiger partial charge on any atom is -0.394 e. The lowest BCUT2D eigenvalue weighted by molar-refractivity contribution is -0.157. The van der Waals surface area contributed by atoms with Gasteiger partial charge in [-0.05, 0) is 25.7 Å². The predicted octanol–water partition coefficient (Wildman–Crippen LogP) is 2.52. The van der Waals surface area contributed by atoms with Crippen LogP contribution in [0.1, 0.15) is 66.2 Å². The second kappa shape index (κ2) is 10.7. The number of amides is 3. The van der Waals surface area contributed by atoms with E-state index in [1.165, 1.54) is 0 Å². The fourth-order valence-electron chi connectivity index (χ4n) is 6.83. The van der Waals surface area contributed by atoms with Gasteiger partial charge in [0.1, 0.15) is 11.6 Å². The number of aliphatic hydroxyl groups is 1. The molecule has 2 fully saturated rings. The number of carbonyl (C=O) groups excluding carboxylic acids is 3. The number of carbonyl (C=O) groups is 3. The van der Waals surface area contributed by atoms with Crippen molar-refractivity contribution in [2.75, 3.05) is 32.8 Å². The van der Waals surface area contributed by atoms with Crippen LogP contribution in [0.3, 0.4) is 0 Å². The molecule has 8 heteroatoms. The second-order valence-corrected chi connectivity index (χ2v) is 10.7. The van der Waals surface area contributed by atoms with Crippen molar-refractivity contribution in [2.24, 2.45) is 11.8 Å². The lowest BCUT2D eigenvalue weighted by Crippen LogP contribution is -2.58. The molecule has 36 heavy (non-hydrogen) atoms. The minimum atomic E-state index is -1.24. The lowest BCUT2D eigenvalue weighted by atomic mass is 9.73. The van der Waals surface area contributed by atoms with Gasteiger partial charge in [0.25, 0.3) is 0 Å². The number of rotatable bonds is 10. The minimum absolute atomic E-state index is 0.0820. The first-order valence-corrected chi connectivity index (χ1v) is 13.9. The van der Waals surface area contributed by atoms with E-state index in [2.05, 4.69) is 6.92 Å². The van der Waals surface area contributed by atoms with Gasteiger partial charge in [-0.25, -0.2) is 0 Å². The van der Waals surface area contributed by atoms with Crippen molar-refractivity contribution in [3.63, 3.8) is 0 Å². The molecule has 0 aromatic carbocycles. The molecule has 3 amide bonds. The monoisotopic (exact) mass is 501 g/mol. The third kappa shape index (κ3) is 4.01. The summed E-state index contributed by atoms with van der Waals surface area (Å²) < 4.78 is 6.95. The van der Waals surface area contributed by atoms with Gasteiger partial charge in [0.2, 0.25) is 17.7 Å². The predicted molar refractivity (Wildman–Crippen MR) is 137 cm³/mol. The van der Waals surface area contributed by atoms with Crippen LogP contribution < -0.4 is 0 Å². The maximum Gasteiger partial charge on any atom is 0.249 e. The fourth-order valence-corrected chi connectivity index (χ4v) is 6.83. The van der Waals surface area contributed by atoms with Crippen LogP contribution in [-0.2, 0) is 19.1 Å². The van der Waals surface area contributed by atoms with E-state index in [1.807, 2.05) is 54.9 Å². The zero-order valence-electron chi connectivity index (χ0n) is 22.3. The lowest BCUT2D eigenvalue weighted by Gasteiger charge is -2.40. The summed E-state index contributed by atoms with van der Waals surface area (Å²) >= 11 is 0. The standard InChI is InChI=1S/C28H43N3O5/c1-5-9-10-16-30-18-12-14-28-22(25(34)31(20(7-3)19-32)23(28)26(30)35)21-24(33)29(15-6-2)17-11-13-27(21,8-4)36-28/h11-14,20-23,32H,5-10,15-19H2,1-4H3/t20-,21+,22-,23?,27-,28-/m0/s1. The Bertz CT molecular complexity index is 915. The second-order valence-electron chi connectivity index (χ2n) is 10.7. The largest absolute Gasteiger partial charge is 0.394 e. The summed E-state index contributed by atoms with van der Waals surface area (Å²) in [5, 5.41) is 10.2. The average molecular weight is 502 g/mol. The van der Waals surface area contributed by atoms with Crippen molar-refractivity contribution >= 4 is 17.7 Å². The van der Waals surface area contributed by atoms with Crippen LogP contribution in [0, 0.1) is 11.8 Å². The molecule has 8 nitrogen and oxygen atoms in total. The molecule has 1 spiro atoms. The Morgan fingerprint density at radius 1 is 0.917 bits per heavy atom. The number of fused-ring (bicyclic) bond motifs is 2. The first kappa shape index (κ1) is 26.9. The summed E-state index contributed by atoms with van der Waals surface area (Å²) in [5.41, 5.74) is -2.20. The molecule has 200 valence electrons. The number of aliphatic hydroxyl groups excluding tert-OH is 1. The van der Waals surface area contributed by atoms with Gasteiger partial charge in [0.15, 0.2) is 0 Å². The van der Waals surface area contributed by atoms with E-state index in [-0.39, 0.29) is 24.3 Å². The van der Waals surface area contributed by atoms with Crippen LogP contribution in [0.4, 0.5) is 0 Å². The molecular formula is C28H43N3O5. The van der Waals surface area contributed by atoms with Crippen LogP contribution in [0.2, 0.25) is 0 Å². The quantitative estimate of drug-likeness (QED) is 0.367. The van der Waals surface area contributed by atoms with Gasteiger partial charge >= 0.3 is 0 Å².